The van der Waals surface area contributed by atoms with Crippen molar-refractivity contribution in [3.8, 4) is 0 Å². The van der Waals surface area contributed by atoms with Crippen LogP contribution in [0.15, 0.2) is 35.3 Å². The van der Waals surface area contributed by atoms with Crippen LogP contribution in [-0.2, 0) is 11.3 Å². The number of amides is 1. The Morgan fingerprint density at radius 3 is 2.59 bits per heavy atom. The second-order valence-corrected chi connectivity index (χ2v) is 8.14. The number of rotatable bonds is 3. The Hall–Kier alpha value is -2.69. The fraction of sp³-hybridized carbons (Fsp3) is 0.458. The summed E-state index contributed by atoms with van der Waals surface area (Å²) in [6.07, 6.45) is 11.6. The van der Waals surface area contributed by atoms with Gasteiger partial charge in [0.25, 0.3) is 5.56 Å². The third-order valence-corrected chi connectivity index (χ3v) is 6.25. The molecule has 0 aromatic carbocycles. The number of allylic oxidation sites excluding steroid dienone is 2. The number of aromatic nitrogens is 2. The first kappa shape index (κ1) is 19.6. The van der Waals surface area contributed by atoms with E-state index < -0.39 is 0 Å². The van der Waals surface area contributed by atoms with Crippen molar-refractivity contribution in [2.24, 2.45) is 0 Å². The van der Waals surface area contributed by atoms with Gasteiger partial charge in [0.1, 0.15) is 5.65 Å². The third-order valence-electron chi connectivity index (χ3n) is 6.25. The number of fused-ring (bicyclic) bond motifs is 1. The van der Waals surface area contributed by atoms with Crippen molar-refractivity contribution >= 4 is 22.5 Å². The van der Waals surface area contributed by atoms with Crippen LogP contribution in [0.4, 0.5) is 0 Å². The van der Waals surface area contributed by atoms with Gasteiger partial charge in [-0.2, -0.15) is 0 Å². The van der Waals surface area contributed by atoms with Crippen LogP contribution in [0.3, 0.4) is 0 Å². The Bertz CT molecular complexity index is 1070. The lowest BCUT2D eigenvalue weighted by molar-refractivity contribution is -0.125. The van der Waals surface area contributed by atoms with E-state index in [0.717, 1.165) is 46.3 Å². The lowest BCUT2D eigenvalue weighted by Gasteiger charge is -2.28. The Balaban J connectivity index is 1.98. The van der Waals surface area contributed by atoms with Gasteiger partial charge in [0.2, 0.25) is 5.91 Å². The minimum absolute atomic E-state index is 0.00760. The van der Waals surface area contributed by atoms with Crippen molar-refractivity contribution in [3.05, 3.63) is 57.7 Å². The number of hydrogen-bond acceptors (Lipinski definition) is 3. The molecule has 1 aliphatic heterocycles. The van der Waals surface area contributed by atoms with Crippen molar-refractivity contribution in [3.63, 3.8) is 0 Å². The van der Waals surface area contributed by atoms with E-state index in [1.54, 1.807) is 22.6 Å². The van der Waals surface area contributed by atoms with Gasteiger partial charge in [-0.1, -0.05) is 25.3 Å². The van der Waals surface area contributed by atoms with Crippen molar-refractivity contribution < 1.29 is 4.79 Å². The molecule has 2 aromatic heterocycles. The molecule has 1 amide bonds. The van der Waals surface area contributed by atoms with E-state index in [-0.39, 0.29) is 11.5 Å². The lowest BCUT2D eigenvalue weighted by atomic mass is 9.79. The molecule has 2 aromatic rings. The Labute approximate surface area is 171 Å². The van der Waals surface area contributed by atoms with Crippen LogP contribution in [-0.4, -0.2) is 26.9 Å². The highest BCUT2D eigenvalue weighted by Crippen LogP contribution is 2.39. The number of pyridine rings is 2. The molecule has 0 bridgehead atoms. The van der Waals surface area contributed by atoms with Crippen molar-refractivity contribution in [2.75, 3.05) is 6.54 Å². The van der Waals surface area contributed by atoms with Crippen molar-refractivity contribution in [1.29, 1.82) is 0 Å². The van der Waals surface area contributed by atoms with Crippen molar-refractivity contribution in [1.82, 2.24) is 14.5 Å². The minimum atomic E-state index is 0.00760. The highest BCUT2D eigenvalue weighted by Gasteiger charge is 2.27. The highest BCUT2D eigenvalue weighted by molar-refractivity contribution is 5.89. The predicted molar refractivity (Wildman–Crippen MR) is 117 cm³/mol. The number of carbonyl (C=O) groups excluding carboxylic acids is 1. The molecule has 4 rings (SSSR count). The zero-order valence-electron chi connectivity index (χ0n) is 17.6. The molecule has 0 unspecified atom stereocenters. The highest BCUT2D eigenvalue weighted by atomic mass is 16.2. The summed E-state index contributed by atoms with van der Waals surface area (Å²) >= 11 is 0. The van der Waals surface area contributed by atoms with Gasteiger partial charge in [0, 0.05) is 37.3 Å². The monoisotopic (exact) mass is 391 g/mol. The minimum Gasteiger partial charge on any atom is -0.315 e. The first-order valence-corrected chi connectivity index (χ1v) is 10.7. The zero-order chi connectivity index (χ0) is 20.5. The summed E-state index contributed by atoms with van der Waals surface area (Å²) in [5.41, 5.74) is 4.65. The molecule has 5 nitrogen and oxygen atoms in total. The number of carbonyl (C=O) groups is 1. The molecule has 0 spiro atoms. The Morgan fingerprint density at radius 2 is 1.97 bits per heavy atom. The molecular weight excluding hydrogens is 362 g/mol. The Morgan fingerprint density at radius 1 is 1.21 bits per heavy atom. The van der Waals surface area contributed by atoms with E-state index in [9.17, 15) is 9.59 Å². The van der Waals surface area contributed by atoms with Crippen LogP contribution in [0, 0.1) is 6.92 Å². The van der Waals surface area contributed by atoms with E-state index in [1.807, 2.05) is 32.1 Å². The van der Waals surface area contributed by atoms with E-state index in [1.165, 1.54) is 19.3 Å². The number of aryl methyl sites for hydroxylation is 2. The molecule has 1 saturated carbocycles. The lowest BCUT2D eigenvalue weighted by Crippen LogP contribution is -2.29. The van der Waals surface area contributed by atoms with E-state index in [2.05, 4.69) is 6.07 Å². The topological polar surface area (TPSA) is 55.2 Å². The van der Waals surface area contributed by atoms with Crippen LogP contribution in [0.5, 0.6) is 0 Å². The van der Waals surface area contributed by atoms with Gasteiger partial charge < -0.3 is 4.90 Å². The molecule has 0 radical (unpaired) electrons. The maximum atomic E-state index is 13.7. The summed E-state index contributed by atoms with van der Waals surface area (Å²) in [6, 6.07) is 4.19. The van der Waals surface area contributed by atoms with Gasteiger partial charge in [-0.25, -0.2) is 4.98 Å². The van der Waals surface area contributed by atoms with Crippen molar-refractivity contribution in [2.45, 2.75) is 65.3 Å². The average Bonchev–Trinajstić information content (AvgIpc) is 2.73. The second-order valence-electron chi connectivity index (χ2n) is 8.14. The zero-order valence-corrected chi connectivity index (χ0v) is 17.6. The summed E-state index contributed by atoms with van der Waals surface area (Å²) in [5.74, 6) is 0.387. The van der Waals surface area contributed by atoms with E-state index in [4.69, 9.17) is 4.98 Å². The summed E-state index contributed by atoms with van der Waals surface area (Å²) in [6.45, 7) is 6.62. The number of nitrogens with zero attached hydrogens (tertiary/aromatic N) is 3. The largest absolute Gasteiger partial charge is 0.315 e. The molecule has 152 valence electrons. The summed E-state index contributed by atoms with van der Waals surface area (Å²) in [7, 11) is 0. The standard InChI is InChI=1S/C24H29N3O2/c1-4-27-23-20(11-10-16(2)25-23)21(18-8-6-5-7-9-18)22(24(27)29)19-12-14-26(15-13-19)17(3)28/h10-14,18H,4-9,15H2,1-3H3. The first-order chi connectivity index (χ1) is 14.0. The molecule has 1 fully saturated rings. The molecule has 3 heterocycles. The maximum Gasteiger partial charge on any atom is 0.260 e. The average molecular weight is 392 g/mol. The Kier molecular flexibility index (Phi) is 5.39. The van der Waals surface area contributed by atoms with E-state index >= 15 is 0 Å². The molecule has 29 heavy (non-hydrogen) atoms. The SMILES string of the molecule is CCn1c(=O)c(C2=CCN(C(C)=O)C=C2)c(C2CCCCC2)c2ccc(C)nc21. The molecule has 0 N–H and O–H groups in total. The summed E-state index contributed by atoms with van der Waals surface area (Å²) in [5, 5.41) is 1.10. The maximum absolute atomic E-state index is 13.7. The fourth-order valence-electron chi connectivity index (χ4n) is 4.74. The van der Waals surface area contributed by atoms with Crippen LogP contribution in [0.2, 0.25) is 0 Å². The third kappa shape index (κ3) is 3.54. The van der Waals surface area contributed by atoms with Gasteiger partial charge >= 0.3 is 0 Å². The molecular formula is C24H29N3O2. The summed E-state index contributed by atoms with van der Waals surface area (Å²) < 4.78 is 1.80. The quantitative estimate of drug-likeness (QED) is 0.772. The fourth-order valence-corrected chi connectivity index (χ4v) is 4.74. The van der Waals surface area contributed by atoms with Gasteiger partial charge in [0.05, 0.1) is 5.56 Å². The van der Waals surface area contributed by atoms with Gasteiger partial charge in [-0.05, 0) is 62.0 Å². The van der Waals surface area contributed by atoms with Crippen LogP contribution >= 0.6 is 0 Å². The van der Waals surface area contributed by atoms with Crippen LogP contribution in [0.1, 0.15) is 68.7 Å². The second kappa shape index (κ2) is 7.97. The predicted octanol–water partition coefficient (Wildman–Crippen LogP) is 4.53. The van der Waals surface area contributed by atoms with Gasteiger partial charge in [-0.15, -0.1) is 0 Å². The molecule has 0 saturated heterocycles. The van der Waals surface area contributed by atoms with Gasteiger partial charge in [0.15, 0.2) is 0 Å². The van der Waals surface area contributed by atoms with E-state index in [0.29, 0.717) is 19.0 Å². The normalized spacial score (nSPS) is 17.6. The molecule has 0 atom stereocenters. The van der Waals surface area contributed by atoms with Crippen LogP contribution in [0.25, 0.3) is 16.6 Å². The van der Waals surface area contributed by atoms with Gasteiger partial charge in [-0.3, -0.25) is 14.2 Å². The smallest absolute Gasteiger partial charge is 0.260 e. The number of hydrogen-bond donors (Lipinski definition) is 0. The molecule has 2 aliphatic rings. The summed E-state index contributed by atoms with van der Waals surface area (Å²) in [4.78, 5) is 31.8. The molecule has 5 heteroatoms. The molecule has 1 aliphatic carbocycles. The first-order valence-electron chi connectivity index (χ1n) is 10.7. The van der Waals surface area contributed by atoms with Crippen LogP contribution < -0.4 is 5.56 Å².